The Morgan fingerprint density at radius 3 is 3.07 bits per heavy atom. The van der Waals surface area contributed by atoms with E-state index in [0.717, 1.165) is 17.8 Å². The molecule has 0 saturated carbocycles. The summed E-state index contributed by atoms with van der Waals surface area (Å²) in [6.07, 6.45) is 7.23. The quantitative estimate of drug-likeness (QED) is 0.743. The molecule has 0 N–H and O–H groups in total. The van der Waals surface area contributed by atoms with Gasteiger partial charge in [0.1, 0.15) is 0 Å². The molecule has 2 fully saturated rings. The third-order valence-electron chi connectivity index (χ3n) is 3.22. The molecule has 76 valence electrons. The lowest BCUT2D eigenvalue weighted by Gasteiger charge is -2.26. The van der Waals surface area contributed by atoms with Gasteiger partial charge in [-0.2, -0.15) is 11.8 Å². The van der Waals surface area contributed by atoms with Crippen molar-refractivity contribution < 1.29 is 0 Å². The Bertz CT molecular complexity index is 298. The van der Waals surface area contributed by atoms with Crippen molar-refractivity contribution in [3.63, 3.8) is 0 Å². The molecule has 2 atom stereocenters. The van der Waals surface area contributed by atoms with Gasteiger partial charge in [-0.05, 0) is 6.42 Å². The first kappa shape index (κ1) is 8.80. The lowest BCUT2D eigenvalue weighted by atomic mass is 10.2. The van der Waals surface area contributed by atoms with Gasteiger partial charge in [-0.1, -0.05) is 0 Å². The highest BCUT2D eigenvalue weighted by atomic mass is 32.2. The Hall–Kier alpha value is -0.480. The van der Waals surface area contributed by atoms with Gasteiger partial charge >= 0.3 is 0 Å². The normalized spacial score (nSPS) is 31.4. The maximum Gasteiger partial charge on any atom is 0.0946 e. The first-order valence-corrected chi connectivity index (χ1v) is 6.28. The molecule has 0 spiro atoms. The summed E-state index contributed by atoms with van der Waals surface area (Å²) < 4.78 is 2.17. The molecule has 2 aliphatic rings. The summed E-state index contributed by atoms with van der Waals surface area (Å²) in [6, 6.07) is 0.869. The number of likely N-dealkylation sites (tertiary alicyclic amines) is 1. The molecule has 3 nitrogen and oxygen atoms in total. The highest BCUT2D eigenvalue weighted by molar-refractivity contribution is 8.00. The van der Waals surface area contributed by atoms with Crippen molar-refractivity contribution in [3.8, 4) is 0 Å². The van der Waals surface area contributed by atoms with Crippen LogP contribution in [0.3, 0.4) is 0 Å². The molecule has 3 rings (SSSR count). The summed E-state index contributed by atoms with van der Waals surface area (Å²) in [5.74, 6) is 1.36. The molecule has 4 heteroatoms. The molecule has 0 radical (unpaired) electrons. The van der Waals surface area contributed by atoms with Crippen molar-refractivity contribution in [3.05, 3.63) is 18.7 Å². The molecule has 0 aliphatic carbocycles. The molecular formula is C10H15N3S. The fraction of sp³-hybridized carbons (Fsp3) is 0.700. The van der Waals surface area contributed by atoms with Crippen LogP contribution < -0.4 is 0 Å². The number of imidazole rings is 1. The van der Waals surface area contributed by atoms with E-state index in [1.807, 2.05) is 18.7 Å². The SMILES string of the molecule is c1cn(CCN2C[C@@H]3C[C@H]2CS3)cn1. The average Bonchev–Trinajstić information content (AvgIpc) is 2.91. The van der Waals surface area contributed by atoms with E-state index in [2.05, 4.69) is 26.2 Å². The standard InChI is InChI=1S/C10H15N3S/c1-2-12(8-11-1)3-4-13-6-10-5-9(13)7-14-10/h1-2,8-10H,3-7H2/t9-,10-/m0/s1. The van der Waals surface area contributed by atoms with E-state index in [1.165, 1.54) is 25.3 Å². The molecule has 0 unspecified atom stereocenters. The average molecular weight is 209 g/mol. The third kappa shape index (κ3) is 1.57. The summed E-state index contributed by atoms with van der Waals surface area (Å²) in [5, 5.41) is 0.933. The summed E-state index contributed by atoms with van der Waals surface area (Å²) in [5.41, 5.74) is 0. The van der Waals surface area contributed by atoms with Gasteiger partial charge in [0.2, 0.25) is 0 Å². The van der Waals surface area contributed by atoms with Crippen LogP contribution >= 0.6 is 11.8 Å². The van der Waals surface area contributed by atoms with Crippen molar-refractivity contribution in [2.24, 2.45) is 0 Å². The zero-order valence-corrected chi connectivity index (χ0v) is 8.99. The number of fused-ring (bicyclic) bond motifs is 2. The van der Waals surface area contributed by atoms with Crippen molar-refractivity contribution in [2.75, 3.05) is 18.8 Å². The molecule has 1 aromatic heterocycles. The fourth-order valence-corrected chi connectivity index (χ4v) is 3.91. The van der Waals surface area contributed by atoms with Crippen LogP contribution in [0.25, 0.3) is 0 Å². The number of rotatable bonds is 3. The second kappa shape index (κ2) is 3.59. The Morgan fingerprint density at radius 2 is 2.43 bits per heavy atom. The van der Waals surface area contributed by atoms with Gasteiger partial charge in [0.05, 0.1) is 6.33 Å². The van der Waals surface area contributed by atoms with Gasteiger partial charge in [-0.3, -0.25) is 4.90 Å². The van der Waals surface area contributed by atoms with Crippen LogP contribution in [0.5, 0.6) is 0 Å². The molecule has 1 aromatic rings. The van der Waals surface area contributed by atoms with E-state index in [-0.39, 0.29) is 0 Å². The van der Waals surface area contributed by atoms with Crippen molar-refractivity contribution in [1.29, 1.82) is 0 Å². The maximum atomic E-state index is 4.06. The number of nitrogens with zero attached hydrogens (tertiary/aromatic N) is 3. The molecule has 2 aliphatic heterocycles. The number of hydrogen-bond donors (Lipinski definition) is 0. The first-order valence-electron chi connectivity index (χ1n) is 5.23. The summed E-state index contributed by atoms with van der Waals surface area (Å²) in [7, 11) is 0. The van der Waals surface area contributed by atoms with E-state index in [4.69, 9.17) is 0 Å². The van der Waals surface area contributed by atoms with Crippen LogP contribution in [-0.4, -0.2) is 44.6 Å². The van der Waals surface area contributed by atoms with Gasteiger partial charge in [0, 0.05) is 49.1 Å². The van der Waals surface area contributed by atoms with Gasteiger partial charge in [0.25, 0.3) is 0 Å². The molecule has 0 amide bonds. The van der Waals surface area contributed by atoms with Crippen molar-refractivity contribution in [1.82, 2.24) is 14.5 Å². The maximum absolute atomic E-state index is 4.06. The zero-order chi connectivity index (χ0) is 9.38. The minimum Gasteiger partial charge on any atom is -0.336 e. The minimum atomic E-state index is 0.869. The van der Waals surface area contributed by atoms with Gasteiger partial charge in [-0.15, -0.1) is 0 Å². The Labute approximate surface area is 88.5 Å². The third-order valence-corrected chi connectivity index (χ3v) is 4.61. The van der Waals surface area contributed by atoms with E-state index in [9.17, 15) is 0 Å². The smallest absolute Gasteiger partial charge is 0.0946 e. The Kier molecular flexibility index (Phi) is 2.25. The largest absolute Gasteiger partial charge is 0.336 e. The van der Waals surface area contributed by atoms with Crippen molar-refractivity contribution >= 4 is 11.8 Å². The van der Waals surface area contributed by atoms with Crippen LogP contribution in [-0.2, 0) is 6.54 Å². The van der Waals surface area contributed by atoms with Crippen LogP contribution in [0, 0.1) is 0 Å². The molecule has 3 heterocycles. The summed E-state index contributed by atoms with van der Waals surface area (Å²) in [4.78, 5) is 6.70. The van der Waals surface area contributed by atoms with E-state index < -0.39 is 0 Å². The van der Waals surface area contributed by atoms with Crippen molar-refractivity contribution in [2.45, 2.75) is 24.3 Å². The highest BCUT2D eigenvalue weighted by Crippen LogP contribution is 2.37. The Morgan fingerprint density at radius 1 is 1.43 bits per heavy atom. The predicted octanol–water partition coefficient (Wildman–Crippen LogP) is 1.07. The van der Waals surface area contributed by atoms with Crippen LogP contribution in [0.2, 0.25) is 0 Å². The van der Waals surface area contributed by atoms with E-state index in [1.54, 1.807) is 0 Å². The molecule has 0 aromatic carbocycles. The second-order valence-corrected chi connectivity index (χ2v) is 5.47. The Balaban J connectivity index is 1.54. The lowest BCUT2D eigenvalue weighted by Crippen LogP contribution is -2.36. The number of thioether (sulfide) groups is 1. The lowest BCUT2D eigenvalue weighted by molar-refractivity contribution is 0.258. The first-order chi connectivity index (χ1) is 6.92. The fourth-order valence-electron chi connectivity index (χ4n) is 2.42. The van der Waals surface area contributed by atoms with E-state index >= 15 is 0 Å². The summed E-state index contributed by atoms with van der Waals surface area (Å²) >= 11 is 2.16. The molecule has 2 saturated heterocycles. The topological polar surface area (TPSA) is 21.1 Å². The van der Waals surface area contributed by atoms with Crippen LogP contribution in [0.1, 0.15) is 6.42 Å². The zero-order valence-electron chi connectivity index (χ0n) is 8.17. The van der Waals surface area contributed by atoms with Crippen LogP contribution in [0.15, 0.2) is 18.7 Å². The molecule has 2 bridgehead atoms. The van der Waals surface area contributed by atoms with Gasteiger partial charge in [-0.25, -0.2) is 4.98 Å². The number of aromatic nitrogens is 2. The monoisotopic (exact) mass is 209 g/mol. The molecule has 14 heavy (non-hydrogen) atoms. The molecular weight excluding hydrogens is 194 g/mol. The highest BCUT2D eigenvalue weighted by Gasteiger charge is 2.37. The predicted molar refractivity (Wildman–Crippen MR) is 58.5 cm³/mol. The second-order valence-electron chi connectivity index (χ2n) is 4.14. The van der Waals surface area contributed by atoms with E-state index in [0.29, 0.717) is 0 Å². The van der Waals surface area contributed by atoms with Crippen LogP contribution in [0.4, 0.5) is 0 Å². The number of hydrogen-bond acceptors (Lipinski definition) is 3. The van der Waals surface area contributed by atoms with Gasteiger partial charge in [0.15, 0.2) is 0 Å². The summed E-state index contributed by atoms with van der Waals surface area (Å²) in [6.45, 7) is 3.59. The van der Waals surface area contributed by atoms with Gasteiger partial charge < -0.3 is 4.57 Å². The minimum absolute atomic E-state index is 0.869.